The molecular weight excluding hydrogens is 317 g/mol. The predicted octanol–water partition coefficient (Wildman–Crippen LogP) is 3.79. The van der Waals surface area contributed by atoms with Gasteiger partial charge in [0.25, 0.3) is 0 Å². The first-order valence-corrected chi connectivity index (χ1v) is 6.56. The summed E-state index contributed by atoms with van der Waals surface area (Å²) in [5, 5.41) is 21.4. The highest BCUT2D eigenvalue weighted by atomic mass is 35.5. The zero-order valence-electron chi connectivity index (χ0n) is 11.3. The van der Waals surface area contributed by atoms with Crippen molar-refractivity contribution in [2.75, 3.05) is 5.32 Å². The number of hydrogen-bond donors (Lipinski definition) is 3. The summed E-state index contributed by atoms with van der Waals surface area (Å²) >= 11 is 11.9. The Hall–Kier alpha value is -1.98. The molecule has 0 heterocycles. The van der Waals surface area contributed by atoms with E-state index in [1.165, 1.54) is 13.8 Å². The molecule has 0 aromatic heterocycles. The van der Waals surface area contributed by atoms with Crippen molar-refractivity contribution in [3.63, 3.8) is 0 Å². The van der Waals surface area contributed by atoms with Crippen molar-refractivity contribution in [1.29, 1.82) is 0 Å². The number of carboxylic acids is 2. The Morgan fingerprint density at radius 1 is 1.05 bits per heavy atom. The van der Waals surface area contributed by atoms with Crippen molar-refractivity contribution in [2.24, 2.45) is 0 Å². The third-order valence-corrected chi connectivity index (χ3v) is 3.47. The van der Waals surface area contributed by atoms with Gasteiger partial charge in [0.1, 0.15) is 0 Å². The maximum atomic E-state index is 11.3. The van der Waals surface area contributed by atoms with Crippen LogP contribution in [0.15, 0.2) is 41.1 Å². The number of halogens is 2. The quantitative estimate of drug-likeness (QED) is 0.565. The van der Waals surface area contributed by atoms with Crippen molar-refractivity contribution >= 4 is 40.8 Å². The molecule has 1 aromatic rings. The van der Waals surface area contributed by atoms with E-state index in [0.717, 1.165) is 6.20 Å². The monoisotopic (exact) mass is 329 g/mol. The van der Waals surface area contributed by atoms with Gasteiger partial charge in [-0.2, -0.15) is 0 Å². The second-order valence-electron chi connectivity index (χ2n) is 4.16. The average molecular weight is 330 g/mol. The van der Waals surface area contributed by atoms with Gasteiger partial charge in [-0.1, -0.05) is 29.3 Å². The number of carbonyl (C=O) groups is 2. The van der Waals surface area contributed by atoms with E-state index in [0.29, 0.717) is 15.7 Å². The predicted molar refractivity (Wildman–Crippen MR) is 81.8 cm³/mol. The molecule has 0 spiro atoms. The Kier molecular flexibility index (Phi) is 5.81. The largest absolute Gasteiger partial charge is 0.478 e. The van der Waals surface area contributed by atoms with Gasteiger partial charge in [0.05, 0.1) is 21.3 Å². The molecular formula is C14H13Cl2NO4. The minimum Gasteiger partial charge on any atom is -0.478 e. The van der Waals surface area contributed by atoms with Crippen molar-refractivity contribution in [3.8, 4) is 0 Å². The maximum absolute atomic E-state index is 11.3. The molecule has 0 atom stereocenters. The van der Waals surface area contributed by atoms with E-state index < -0.39 is 11.9 Å². The number of carboxylic acid groups (broad SMARTS) is 2. The van der Waals surface area contributed by atoms with E-state index in [9.17, 15) is 14.7 Å². The summed E-state index contributed by atoms with van der Waals surface area (Å²) in [6.45, 7) is 2.75. The zero-order valence-corrected chi connectivity index (χ0v) is 12.8. The van der Waals surface area contributed by atoms with Gasteiger partial charge in [0.15, 0.2) is 0 Å². The van der Waals surface area contributed by atoms with Crippen LogP contribution in [-0.4, -0.2) is 22.2 Å². The van der Waals surface area contributed by atoms with Crippen LogP contribution in [0, 0.1) is 0 Å². The molecule has 0 saturated carbocycles. The van der Waals surface area contributed by atoms with E-state index in [2.05, 4.69) is 5.32 Å². The highest BCUT2D eigenvalue weighted by molar-refractivity contribution is 6.39. The van der Waals surface area contributed by atoms with Gasteiger partial charge < -0.3 is 15.5 Å². The average Bonchev–Trinajstić information content (AvgIpc) is 2.40. The van der Waals surface area contributed by atoms with Crippen LogP contribution in [0.2, 0.25) is 10.0 Å². The smallest absolute Gasteiger partial charge is 0.337 e. The summed E-state index contributed by atoms with van der Waals surface area (Å²) in [6.07, 6.45) is 1.16. The van der Waals surface area contributed by atoms with Crippen molar-refractivity contribution in [1.82, 2.24) is 0 Å². The Bertz CT molecular complexity index is 630. The Labute approximate surface area is 131 Å². The van der Waals surface area contributed by atoms with Gasteiger partial charge in [-0.15, -0.1) is 0 Å². The van der Waals surface area contributed by atoms with Gasteiger partial charge >= 0.3 is 11.9 Å². The molecule has 0 fully saturated rings. The van der Waals surface area contributed by atoms with E-state index in [-0.39, 0.29) is 16.7 Å². The Balaban J connectivity index is 3.22. The fourth-order valence-corrected chi connectivity index (χ4v) is 1.98. The number of benzene rings is 1. The highest BCUT2D eigenvalue weighted by Crippen LogP contribution is 2.30. The molecule has 1 rings (SSSR count). The lowest BCUT2D eigenvalue weighted by Gasteiger charge is -2.09. The number of hydrogen-bond acceptors (Lipinski definition) is 3. The van der Waals surface area contributed by atoms with Crippen molar-refractivity contribution in [3.05, 3.63) is 51.2 Å². The summed E-state index contributed by atoms with van der Waals surface area (Å²) in [6, 6.07) is 4.84. The first-order chi connectivity index (χ1) is 9.75. The van der Waals surface area contributed by atoms with E-state index in [1.807, 2.05) is 0 Å². The molecule has 1 aromatic carbocycles. The SMILES string of the molecule is CC(C(=O)O)=C(C)C(=CNc1c(Cl)cccc1Cl)C(=O)O. The van der Waals surface area contributed by atoms with Crippen LogP contribution in [0.1, 0.15) is 13.8 Å². The Morgan fingerprint density at radius 3 is 2.00 bits per heavy atom. The number of para-hydroxylation sites is 1. The van der Waals surface area contributed by atoms with Crippen LogP contribution < -0.4 is 5.32 Å². The van der Waals surface area contributed by atoms with E-state index in [4.69, 9.17) is 28.3 Å². The van der Waals surface area contributed by atoms with Crippen LogP contribution in [0.25, 0.3) is 0 Å². The summed E-state index contributed by atoms with van der Waals surface area (Å²) in [5.41, 5.74) is 0.229. The lowest BCUT2D eigenvalue weighted by atomic mass is 10.0. The zero-order chi connectivity index (χ0) is 16.2. The summed E-state index contributed by atoms with van der Waals surface area (Å²) in [5.74, 6) is -2.45. The lowest BCUT2D eigenvalue weighted by molar-refractivity contribution is -0.132. The van der Waals surface area contributed by atoms with Gasteiger partial charge in [-0.25, -0.2) is 9.59 Å². The van der Waals surface area contributed by atoms with Gasteiger partial charge in [-0.05, 0) is 31.6 Å². The lowest BCUT2D eigenvalue weighted by Crippen LogP contribution is -2.09. The summed E-state index contributed by atoms with van der Waals surface area (Å²) in [7, 11) is 0. The molecule has 0 aliphatic heterocycles. The highest BCUT2D eigenvalue weighted by Gasteiger charge is 2.16. The molecule has 0 amide bonds. The maximum Gasteiger partial charge on any atom is 0.337 e. The molecule has 0 aliphatic rings. The minimum absolute atomic E-state index is 0.0595. The topological polar surface area (TPSA) is 86.6 Å². The van der Waals surface area contributed by atoms with Crippen LogP contribution in [0.4, 0.5) is 5.69 Å². The molecule has 7 heteroatoms. The number of aliphatic carboxylic acids is 2. The first kappa shape index (κ1) is 17.1. The number of rotatable bonds is 5. The van der Waals surface area contributed by atoms with Crippen LogP contribution in [-0.2, 0) is 9.59 Å². The second kappa shape index (κ2) is 7.15. The van der Waals surface area contributed by atoms with E-state index >= 15 is 0 Å². The number of anilines is 1. The van der Waals surface area contributed by atoms with E-state index in [1.54, 1.807) is 18.2 Å². The van der Waals surface area contributed by atoms with Crippen molar-refractivity contribution in [2.45, 2.75) is 13.8 Å². The standard InChI is InChI=1S/C14H13Cl2NO4/c1-7(8(2)13(18)19)9(14(20)21)6-17-12-10(15)4-3-5-11(12)16/h3-6,17H,1-2H3,(H,18,19)(H,20,21). The van der Waals surface area contributed by atoms with Gasteiger partial charge in [0, 0.05) is 11.8 Å². The molecule has 0 aliphatic carbocycles. The molecule has 0 bridgehead atoms. The summed E-state index contributed by atoms with van der Waals surface area (Å²) in [4.78, 5) is 22.2. The van der Waals surface area contributed by atoms with Gasteiger partial charge in [-0.3, -0.25) is 0 Å². The Morgan fingerprint density at radius 2 is 1.57 bits per heavy atom. The fraction of sp³-hybridized carbons (Fsp3) is 0.143. The molecule has 21 heavy (non-hydrogen) atoms. The van der Waals surface area contributed by atoms with Crippen molar-refractivity contribution < 1.29 is 19.8 Å². The van der Waals surface area contributed by atoms with Crippen LogP contribution in [0.5, 0.6) is 0 Å². The third-order valence-electron chi connectivity index (χ3n) is 2.84. The first-order valence-electron chi connectivity index (χ1n) is 5.80. The van der Waals surface area contributed by atoms with Gasteiger partial charge in [0.2, 0.25) is 0 Å². The molecule has 112 valence electrons. The molecule has 5 nitrogen and oxygen atoms in total. The fourth-order valence-electron chi connectivity index (χ4n) is 1.47. The number of nitrogens with one attached hydrogen (secondary N) is 1. The normalized spacial score (nSPS) is 12.7. The summed E-state index contributed by atoms with van der Waals surface area (Å²) < 4.78 is 0. The third kappa shape index (κ3) is 4.24. The molecule has 0 unspecified atom stereocenters. The molecule has 0 radical (unpaired) electrons. The van der Waals surface area contributed by atoms with Crippen LogP contribution >= 0.6 is 23.2 Å². The minimum atomic E-state index is -1.26. The second-order valence-corrected chi connectivity index (χ2v) is 4.97. The van der Waals surface area contributed by atoms with Crippen LogP contribution in [0.3, 0.4) is 0 Å². The molecule has 0 saturated heterocycles. The molecule has 3 N–H and O–H groups in total.